The molecule has 0 aliphatic heterocycles. The van der Waals surface area contributed by atoms with Crippen LogP contribution in [0.5, 0.6) is 0 Å². The second-order valence-electron chi connectivity index (χ2n) is 9.21. The van der Waals surface area contributed by atoms with Gasteiger partial charge in [0.15, 0.2) is 0 Å². The summed E-state index contributed by atoms with van der Waals surface area (Å²) in [5.41, 5.74) is -0.358. The summed E-state index contributed by atoms with van der Waals surface area (Å²) >= 11 is 0. The van der Waals surface area contributed by atoms with Crippen molar-refractivity contribution in [3.8, 4) is 0 Å². The summed E-state index contributed by atoms with van der Waals surface area (Å²) in [6, 6.07) is 16.7. The third-order valence-electron chi connectivity index (χ3n) is 6.41. The zero-order valence-corrected chi connectivity index (χ0v) is 23.2. The van der Waals surface area contributed by atoms with Crippen molar-refractivity contribution in [2.45, 2.75) is 50.7 Å². The van der Waals surface area contributed by atoms with E-state index < -0.39 is 45.2 Å². The molecule has 0 saturated heterocycles. The maximum atomic E-state index is 14.6. The van der Waals surface area contributed by atoms with Crippen LogP contribution in [0.4, 0.5) is 15.8 Å². The number of nitrogens with one attached hydrogen (secondary N) is 1. The average Bonchev–Trinajstić information content (AvgIpc) is 2.95. The number of non-ortho nitro benzene ring substituents is 1. The van der Waals surface area contributed by atoms with E-state index in [1.165, 1.54) is 67.6 Å². The zero-order valence-electron chi connectivity index (χ0n) is 22.4. The van der Waals surface area contributed by atoms with E-state index in [9.17, 15) is 32.5 Å². The maximum absolute atomic E-state index is 14.6. The smallest absolute Gasteiger partial charge is 0.271 e. The lowest BCUT2D eigenvalue weighted by atomic mass is 10.1. The van der Waals surface area contributed by atoms with Gasteiger partial charge in [-0.1, -0.05) is 49.4 Å². The Hall–Kier alpha value is -4.32. The summed E-state index contributed by atoms with van der Waals surface area (Å²) in [5.74, 6) is -1.89. The average molecular weight is 571 g/mol. The largest absolute Gasteiger partial charge is 0.352 e. The summed E-state index contributed by atoms with van der Waals surface area (Å²) in [5, 5.41) is 14.2. The molecule has 1 N–H and O–H groups in total. The molecule has 40 heavy (non-hydrogen) atoms. The number of carbonyl (C=O) groups is 2. The van der Waals surface area contributed by atoms with E-state index in [0.717, 1.165) is 15.3 Å². The SMILES string of the molecule is CC[C@H](C)NC(=O)[C@H](C)N(Cc1ccccc1F)C(=O)CN(c1cccc([N+](=O)[O-])c1)S(=O)(=O)c1ccccc1. The molecule has 12 heteroatoms. The minimum Gasteiger partial charge on any atom is -0.352 e. The molecule has 10 nitrogen and oxygen atoms in total. The summed E-state index contributed by atoms with van der Waals surface area (Å²) in [6.45, 7) is 4.04. The Morgan fingerprint density at radius 2 is 1.65 bits per heavy atom. The molecule has 2 atom stereocenters. The van der Waals surface area contributed by atoms with Gasteiger partial charge in [-0.05, 0) is 44.5 Å². The predicted molar refractivity (Wildman–Crippen MR) is 148 cm³/mol. The van der Waals surface area contributed by atoms with Gasteiger partial charge in [-0.25, -0.2) is 12.8 Å². The number of amides is 2. The molecule has 0 fully saturated rings. The second kappa shape index (κ2) is 13.2. The molecule has 3 aromatic rings. The third-order valence-corrected chi connectivity index (χ3v) is 8.19. The van der Waals surface area contributed by atoms with E-state index in [-0.39, 0.29) is 34.4 Å². The highest BCUT2D eigenvalue weighted by Crippen LogP contribution is 2.27. The Bertz CT molecular complexity index is 1470. The molecule has 212 valence electrons. The fraction of sp³-hybridized carbons (Fsp3) is 0.286. The Balaban J connectivity index is 2.07. The van der Waals surface area contributed by atoms with Crippen LogP contribution in [-0.4, -0.2) is 48.7 Å². The van der Waals surface area contributed by atoms with Crippen molar-refractivity contribution in [3.05, 3.63) is 100 Å². The molecule has 0 spiro atoms. The van der Waals surface area contributed by atoms with Crippen molar-refractivity contribution in [2.75, 3.05) is 10.8 Å². The molecule has 0 aliphatic carbocycles. The number of rotatable bonds is 12. The van der Waals surface area contributed by atoms with Crippen LogP contribution >= 0.6 is 0 Å². The first kappa shape index (κ1) is 30.2. The number of sulfonamides is 1. The van der Waals surface area contributed by atoms with Crippen molar-refractivity contribution in [1.29, 1.82) is 0 Å². The van der Waals surface area contributed by atoms with Gasteiger partial charge >= 0.3 is 0 Å². The third kappa shape index (κ3) is 7.20. The topological polar surface area (TPSA) is 130 Å². The van der Waals surface area contributed by atoms with Crippen molar-refractivity contribution in [2.24, 2.45) is 0 Å². The Kier molecular flexibility index (Phi) is 9.94. The minimum atomic E-state index is -4.39. The lowest BCUT2D eigenvalue weighted by Gasteiger charge is -2.32. The van der Waals surface area contributed by atoms with Crippen molar-refractivity contribution in [1.82, 2.24) is 10.2 Å². The van der Waals surface area contributed by atoms with Gasteiger partial charge in [-0.15, -0.1) is 0 Å². The molecule has 0 heterocycles. The minimum absolute atomic E-state index is 0.117. The molecule has 0 radical (unpaired) electrons. The Morgan fingerprint density at radius 3 is 2.27 bits per heavy atom. The number of nitrogens with zero attached hydrogens (tertiary/aromatic N) is 3. The molecule has 0 saturated carbocycles. The van der Waals surface area contributed by atoms with Crippen LogP contribution in [0.2, 0.25) is 0 Å². The first-order chi connectivity index (χ1) is 18.9. The standard InChI is InChI=1S/C28H31FN4O6S/c1-4-20(2)30-28(35)21(3)31(18-22-11-8-9-16-26(22)29)27(34)19-32(23-12-10-13-24(17-23)33(36)37)40(38,39)25-14-6-5-7-15-25/h5-17,20-21H,4,18-19H2,1-3H3,(H,30,35)/t20-,21-/m0/s1. The van der Waals surface area contributed by atoms with Gasteiger partial charge in [-0.3, -0.25) is 24.0 Å². The zero-order chi connectivity index (χ0) is 29.4. The molecule has 0 aliphatic rings. The number of hydrogen-bond donors (Lipinski definition) is 1. The van der Waals surface area contributed by atoms with E-state index in [1.807, 2.05) is 6.92 Å². The number of hydrogen-bond acceptors (Lipinski definition) is 6. The van der Waals surface area contributed by atoms with Crippen molar-refractivity contribution in [3.63, 3.8) is 0 Å². The first-order valence-electron chi connectivity index (χ1n) is 12.6. The second-order valence-corrected chi connectivity index (χ2v) is 11.1. The molecule has 3 aromatic carbocycles. The molecule has 0 aromatic heterocycles. The summed E-state index contributed by atoms with van der Waals surface area (Å²) in [7, 11) is -4.39. The maximum Gasteiger partial charge on any atom is 0.271 e. The highest BCUT2D eigenvalue weighted by Gasteiger charge is 2.33. The Morgan fingerprint density at radius 1 is 1.00 bits per heavy atom. The fourth-order valence-electron chi connectivity index (χ4n) is 3.87. The van der Waals surface area contributed by atoms with Gasteiger partial charge in [0.1, 0.15) is 18.4 Å². The van der Waals surface area contributed by atoms with Gasteiger partial charge in [-0.2, -0.15) is 0 Å². The summed E-state index contributed by atoms with van der Waals surface area (Å²) in [4.78, 5) is 38.5. The lowest BCUT2D eigenvalue weighted by Crippen LogP contribution is -2.52. The van der Waals surface area contributed by atoms with Crippen molar-refractivity contribution >= 4 is 33.2 Å². The quantitative estimate of drug-likeness (QED) is 0.256. The van der Waals surface area contributed by atoms with Crippen LogP contribution in [0.15, 0.2) is 83.8 Å². The van der Waals surface area contributed by atoms with E-state index in [2.05, 4.69) is 5.32 Å². The first-order valence-corrected chi connectivity index (χ1v) is 14.0. The number of benzene rings is 3. The van der Waals surface area contributed by atoms with Crippen LogP contribution in [0.3, 0.4) is 0 Å². The van der Waals surface area contributed by atoms with Gasteiger partial charge in [0, 0.05) is 30.3 Å². The number of anilines is 1. The van der Waals surface area contributed by atoms with E-state index in [4.69, 9.17) is 0 Å². The van der Waals surface area contributed by atoms with Gasteiger partial charge < -0.3 is 10.2 Å². The van der Waals surface area contributed by atoms with Gasteiger partial charge in [0.25, 0.3) is 15.7 Å². The lowest BCUT2D eigenvalue weighted by molar-refractivity contribution is -0.384. The predicted octanol–water partition coefficient (Wildman–Crippen LogP) is 4.26. The Labute approximate surface area is 232 Å². The van der Waals surface area contributed by atoms with Gasteiger partial charge in [0.05, 0.1) is 15.5 Å². The normalized spacial score (nSPS) is 12.7. The van der Waals surface area contributed by atoms with Crippen LogP contribution in [-0.2, 0) is 26.2 Å². The van der Waals surface area contributed by atoms with Crippen LogP contribution in [0, 0.1) is 15.9 Å². The number of halogens is 1. The van der Waals surface area contributed by atoms with Gasteiger partial charge in [0.2, 0.25) is 11.8 Å². The highest BCUT2D eigenvalue weighted by molar-refractivity contribution is 7.92. The summed E-state index contributed by atoms with van der Waals surface area (Å²) < 4.78 is 42.8. The molecule has 2 amide bonds. The van der Waals surface area contributed by atoms with Crippen LogP contribution in [0.1, 0.15) is 32.8 Å². The molecule has 3 rings (SSSR count). The monoisotopic (exact) mass is 570 g/mol. The van der Waals surface area contributed by atoms with Crippen LogP contribution in [0.25, 0.3) is 0 Å². The van der Waals surface area contributed by atoms with Crippen molar-refractivity contribution < 1.29 is 27.3 Å². The highest BCUT2D eigenvalue weighted by atomic mass is 32.2. The molecule has 0 unspecified atom stereocenters. The van der Waals surface area contributed by atoms with Crippen LogP contribution < -0.4 is 9.62 Å². The molecule has 0 bridgehead atoms. The number of carbonyl (C=O) groups excluding carboxylic acids is 2. The number of nitro groups is 1. The summed E-state index contributed by atoms with van der Waals surface area (Å²) in [6.07, 6.45) is 0.635. The number of nitro benzene ring substituents is 1. The van der Waals surface area contributed by atoms with E-state index in [1.54, 1.807) is 19.1 Å². The van der Waals surface area contributed by atoms with E-state index in [0.29, 0.717) is 6.42 Å². The molecular formula is C28H31FN4O6S. The van der Waals surface area contributed by atoms with E-state index >= 15 is 0 Å². The fourth-order valence-corrected chi connectivity index (χ4v) is 5.30. The molecular weight excluding hydrogens is 539 g/mol.